The lowest BCUT2D eigenvalue weighted by atomic mass is 10.1. The molecule has 0 aliphatic carbocycles. The van der Waals surface area contributed by atoms with Crippen LogP contribution in [0.3, 0.4) is 0 Å². The third-order valence-corrected chi connectivity index (χ3v) is 6.58. The number of aryl methyl sites for hydroxylation is 3. The molecule has 0 saturated heterocycles. The molecule has 0 aliphatic heterocycles. The molecule has 2 aromatic carbocycles. The van der Waals surface area contributed by atoms with Gasteiger partial charge >= 0.3 is 0 Å². The Hall–Kier alpha value is -2.98. The molecule has 3 nitrogen and oxygen atoms in total. The van der Waals surface area contributed by atoms with Gasteiger partial charge in [0.15, 0.2) is 0 Å². The van der Waals surface area contributed by atoms with Gasteiger partial charge in [0, 0.05) is 18.3 Å². The molecule has 0 spiro atoms. The predicted octanol–water partition coefficient (Wildman–Crippen LogP) is 7.18. The first-order valence-corrected chi connectivity index (χ1v) is 11.9. The zero-order valence-electron chi connectivity index (χ0n) is 18.3. The molecule has 31 heavy (non-hydrogen) atoms. The molecule has 0 saturated carbocycles. The predicted molar refractivity (Wildman–Crippen MR) is 133 cm³/mol. The van der Waals surface area contributed by atoms with E-state index < -0.39 is 0 Å². The number of rotatable bonds is 9. The normalized spacial score (nSPS) is 10.9. The first kappa shape index (κ1) is 21.3. The fourth-order valence-electron chi connectivity index (χ4n) is 3.68. The fourth-order valence-corrected chi connectivity index (χ4v) is 4.70. The average molecular weight is 428 g/mol. The first-order valence-electron chi connectivity index (χ1n) is 11.0. The van der Waals surface area contributed by atoms with E-state index in [1.54, 1.807) is 11.3 Å². The van der Waals surface area contributed by atoms with E-state index in [1.165, 1.54) is 38.6 Å². The average Bonchev–Trinajstić information content (AvgIpc) is 3.25. The summed E-state index contributed by atoms with van der Waals surface area (Å²) in [5, 5.41) is 4.67. The Morgan fingerprint density at radius 1 is 0.903 bits per heavy atom. The summed E-state index contributed by atoms with van der Waals surface area (Å²) in [6, 6.07) is 23.5. The van der Waals surface area contributed by atoms with Crippen molar-refractivity contribution >= 4 is 17.2 Å². The van der Waals surface area contributed by atoms with Gasteiger partial charge in [-0.1, -0.05) is 61.0 Å². The van der Waals surface area contributed by atoms with Crippen LogP contribution in [0.2, 0.25) is 0 Å². The molecular weight excluding hydrogens is 398 g/mol. The van der Waals surface area contributed by atoms with E-state index in [9.17, 15) is 0 Å². The quantitative estimate of drug-likeness (QED) is 0.288. The van der Waals surface area contributed by atoms with Crippen LogP contribution >= 0.6 is 11.3 Å². The number of thiazole rings is 1. The number of anilines is 1. The van der Waals surface area contributed by atoms with Crippen molar-refractivity contribution in [2.75, 3.05) is 11.9 Å². The van der Waals surface area contributed by atoms with Crippen molar-refractivity contribution in [3.05, 3.63) is 89.1 Å². The van der Waals surface area contributed by atoms with Crippen LogP contribution in [-0.2, 0) is 12.8 Å². The van der Waals surface area contributed by atoms with Gasteiger partial charge in [0.1, 0.15) is 5.82 Å². The molecule has 0 atom stereocenters. The number of aromatic nitrogens is 2. The van der Waals surface area contributed by atoms with Crippen molar-refractivity contribution in [1.29, 1.82) is 0 Å². The highest BCUT2D eigenvalue weighted by molar-refractivity contribution is 7.15. The lowest BCUT2D eigenvalue weighted by Gasteiger charge is -2.08. The summed E-state index contributed by atoms with van der Waals surface area (Å²) in [5.41, 5.74) is 6.09. The van der Waals surface area contributed by atoms with E-state index in [-0.39, 0.29) is 0 Å². The Bertz CT molecular complexity index is 1120. The van der Waals surface area contributed by atoms with Crippen LogP contribution < -0.4 is 5.32 Å². The lowest BCUT2D eigenvalue weighted by Crippen LogP contribution is -2.03. The highest BCUT2D eigenvalue weighted by atomic mass is 32.1. The summed E-state index contributed by atoms with van der Waals surface area (Å²) in [6.45, 7) is 5.22. The monoisotopic (exact) mass is 427 g/mol. The minimum absolute atomic E-state index is 0.928. The molecule has 4 aromatic rings. The Morgan fingerprint density at radius 2 is 1.77 bits per heavy atom. The molecule has 158 valence electrons. The van der Waals surface area contributed by atoms with Crippen LogP contribution in [0.5, 0.6) is 0 Å². The lowest BCUT2D eigenvalue weighted by molar-refractivity contribution is 0.761. The smallest absolute Gasteiger partial charge is 0.126 e. The third kappa shape index (κ3) is 5.59. The Balaban J connectivity index is 1.45. The van der Waals surface area contributed by atoms with Crippen molar-refractivity contribution in [2.45, 2.75) is 39.5 Å². The van der Waals surface area contributed by atoms with Gasteiger partial charge in [-0.2, -0.15) is 0 Å². The van der Waals surface area contributed by atoms with E-state index in [0.29, 0.717) is 0 Å². The molecule has 2 aromatic heterocycles. The van der Waals surface area contributed by atoms with Crippen LogP contribution in [0.15, 0.2) is 72.9 Å². The maximum absolute atomic E-state index is 4.94. The van der Waals surface area contributed by atoms with E-state index >= 15 is 0 Å². The molecule has 0 bridgehead atoms. The van der Waals surface area contributed by atoms with Gasteiger partial charge < -0.3 is 5.32 Å². The molecular formula is C27H29N3S. The van der Waals surface area contributed by atoms with Gasteiger partial charge in [-0.3, -0.25) is 0 Å². The molecule has 0 radical (unpaired) electrons. The Labute approximate surface area is 189 Å². The van der Waals surface area contributed by atoms with Crippen LogP contribution in [0, 0.1) is 6.92 Å². The van der Waals surface area contributed by atoms with Crippen molar-refractivity contribution in [3.63, 3.8) is 0 Å². The van der Waals surface area contributed by atoms with Crippen LogP contribution in [-0.4, -0.2) is 16.5 Å². The number of unbranched alkanes of at least 4 members (excludes halogenated alkanes) is 1. The van der Waals surface area contributed by atoms with Gasteiger partial charge in [-0.05, 0) is 61.9 Å². The van der Waals surface area contributed by atoms with E-state index in [2.05, 4.69) is 90.9 Å². The number of benzene rings is 2. The zero-order chi connectivity index (χ0) is 21.5. The maximum Gasteiger partial charge on any atom is 0.126 e. The number of hydrogen-bond acceptors (Lipinski definition) is 4. The molecule has 1 N–H and O–H groups in total. The second-order valence-electron chi connectivity index (χ2n) is 7.81. The zero-order valence-corrected chi connectivity index (χ0v) is 19.1. The fraction of sp³-hybridized carbons (Fsp3) is 0.259. The summed E-state index contributed by atoms with van der Waals surface area (Å²) in [4.78, 5) is 10.7. The minimum atomic E-state index is 0.928. The van der Waals surface area contributed by atoms with E-state index in [4.69, 9.17) is 4.98 Å². The third-order valence-electron chi connectivity index (χ3n) is 5.33. The molecule has 0 fully saturated rings. The Morgan fingerprint density at radius 3 is 2.58 bits per heavy atom. The molecule has 2 heterocycles. The minimum Gasteiger partial charge on any atom is -0.370 e. The van der Waals surface area contributed by atoms with Gasteiger partial charge in [0.25, 0.3) is 0 Å². The SMILES string of the molecule is CCc1nc(-c2cccc(C)c2)c(-c2ccnc(NCCCCc3ccccc3)c2)s1. The molecule has 4 rings (SSSR count). The van der Waals surface area contributed by atoms with Gasteiger partial charge in [0.05, 0.1) is 15.6 Å². The summed E-state index contributed by atoms with van der Waals surface area (Å²) < 4.78 is 0. The maximum atomic E-state index is 4.94. The molecule has 4 heteroatoms. The van der Waals surface area contributed by atoms with Crippen molar-refractivity contribution in [1.82, 2.24) is 9.97 Å². The highest BCUT2D eigenvalue weighted by Crippen LogP contribution is 2.37. The van der Waals surface area contributed by atoms with Crippen molar-refractivity contribution in [2.24, 2.45) is 0 Å². The van der Waals surface area contributed by atoms with E-state index in [1.807, 2.05) is 6.20 Å². The van der Waals surface area contributed by atoms with Crippen LogP contribution in [0.25, 0.3) is 21.7 Å². The standard InChI is InChI=1S/C27H29N3S/c1-3-25-30-26(22-14-9-10-20(2)18-22)27(31-25)23-15-17-29-24(19-23)28-16-8-7-13-21-11-5-4-6-12-21/h4-6,9-12,14-15,17-19H,3,7-8,13,16H2,1-2H3,(H,28,29). The summed E-state index contributed by atoms with van der Waals surface area (Å²) in [5.74, 6) is 0.929. The molecule has 0 amide bonds. The van der Waals surface area contributed by atoms with Crippen molar-refractivity contribution < 1.29 is 0 Å². The highest BCUT2D eigenvalue weighted by Gasteiger charge is 2.15. The summed E-state index contributed by atoms with van der Waals surface area (Å²) in [6.07, 6.45) is 6.25. The molecule has 0 aliphatic rings. The van der Waals surface area contributed by atoms with Gasteiger partial charge in [0.2, 0.25) is 0 Å². The number of hydrogen-bond donors (Lipinski definition) is 1. The largest absolute Gasteiger partial charge is 0.370 e. The second-order valence-corrected chi connectivity index (χ2v) is 8.89. The van der Waals surface area contributed by atoms with Gasteiger partial charge in [-0.25, -0.2) is 9.97 Å². The summed E-state index contributed by atoms with van der Waals surface area (Å²) in [7, 11) is 0. The van der Waals surface area contributed by atoms with Crippen LogP contribution in [0.1, 0.15) is 35.9 Å². The van der Waals surface area contributed by atoms with Crippen LogP contribution in [0.4, 0.5) is 5.82 Å². The molecule has 0 unspecified atom stereocenters. The second kappa shape index (κ2) is 10.4. The summed E-state index contributed by atoms with van der Waals surface area (Å²) >= 11 is 1.78. The Kier molecular flexibility index (Phi) is 7.11. The first-order chi connectivity index (χ1) is 15.2. The number of nitrogens with one attached hydrogen (secondary N) is 1. The van der Waals surface area contributed by atoms with Gasteiger partial charge in [-0.15, -0.1) is 11.3 Å². The number of pyridine rings is 1. The number of nitrogens with zero attached hydrogens (tertiary/aromatic N) is 2. The topological polar surface area (TPSA) is 37.8 Å². The van der Waals surface area contributed by atoms with Crippen molar-refractivity contribution in [3.8, 4) is 21.7 Å². The van der Waals surface area contributed by atoms with E-state index in [0.717, 1.165) is 37.3 Å².